The van der Waals surface area contributed by atoms with Gasteiger partial charge >= 0.3 is 0 Å². The van der Waals surface area contributed by atoms with Crippen LogP contribution in [0.3, 0.4) is 0 Å². The Morgan fingerprint density at radius 2 is 1.97 bits per heavy atom. The monoisotopic (exact) mass is 415 g/mol. The highest BCUT2D eigenvalue weighted by Gasteiger charge is 2.33. The largest absolute Gasteiger partial charge is 0.382 e. The minimum absolute atomic E-state index is 0.244. The molecule has 3 rings (SSSR count). The van der Waals surface area contributed by atoms with Gasteiger partial charge in [0.2, 0.25) is 0 Å². The van der Waals surface area contributed by atoms with Crippen molar-refractivity contribution < 1.29 is 9.13 Å². The molecule has 0 unspecified atom stereocenters. The topological polar surface area (TPSA) is 63.5 Å². The fourth-order valence-electron chi connectivity index (χ4n) is 4.11. The van der Waals surface area contributed by atoms with Crippen molar-refractivity contribution >= 4 is 5.96 Å². The molecular weight excluding hydrogens is 381 g/mol. The van der Waals surface area contributed by atoms with E-state index in [1.165, 1.54) is 37.8 Å². The van der Waals surface area contributed by atoms with Crippen LogP contribution in [-0.4, -0.2) is 49.1 Å². The molecule has 1 aliphatic rings. The third-order valence-electron chi connectivity index (χ3n) is 5.91. The molecule has 0 spiro atoms. The van der Waals surface area contributed by atoms with E-state index in [1.54, 1.807) is 23.9 Å². The maximum absolute atomic E-state index is 13.1. The Hall–Kier alpha value is -2.41. The Kier molecular flexibility index (Phi) is 8.25. The summed E-state index contributed by atoms with van der Waals surface area (Å²) < 4.78 is 20.5. The van der Waals surface area contributed by atoms with Crippen LogP contribution in [0.25, 0.3) is 5.69 Å². The summed E-state index contributed by atoms with van der Waals surface area (Å²) in [6.07, 6.45) is 8.90. The van der Waals surface area contributed by atoms with E-state index in [9.17, 15) is 4.39 Å². The van der Waals surface area contributed by atoms with Crippen LogP contribution in [0.4, 0.5) is 4.39 Å². The van der Waals surface area contributed by atoms with Gasteiger partial charge in [-0.3, -0.25) is 4.99 Å². The van der Waals surface area contributed by atoms with E-state index in [2.05, 4.69) is 20.7 Å². The predicted octanol–water partition coefficient (Wildman–Crippen LogP) is 3.71. The molecule has 0 amide bonds. The summed E-state index contributed by atoms with van der Waals surface area (Å²) in [7, 11) is 1.81. The van der Waals surface area contributed by atoms with Crippen LogP contribution in [-0.2, 0) is 11.2 Å². The summed E-state index contributed by atoms with van der Waals surface area (Å²) in [5, 5.41) is 11.5. The lowest BCUT2D eigenvalue weighted by Crippen LogP contribution is -2.44. The average molecular weight is 416 g/mol. The second kappa shape index (κ2) is 11.1. The van der Waals surface area contributed by atoms with Crippen molar-refractivity contribution in [2.75, 3.05) is 33.4 Å². The summed E-state index contributed by atoms with van der Waals surface area (Å²) in [4.78, 5) is 4.37. The number of benzene rings is 1. The van der Waals surface area contributed by atoms with Crippen molar-refractivity contribution in [1.82, 2.24) is 20.4 Å². The van der Waals surface area contributed by atoms with Crippen LogP contribution in [0.1, 0.15) is 44.7 Å². The highest BCUT2D eigenvalue weighted by Crippen LogP contribution is 2.40. The highest BCUT2D eigenvalue weighted by atomic mass is 19.1. The Bertz CT molecular complexity index is 796. The Balaban J connectivity index is 1.45. The summed E-state index contributed by atoms with van der Waals surface area (Å²) in [6.45, 7) is 5.34. The quantitative estimate of drug-likeness (QED) is 0.353. The molecule has 2 N–H and O–H groups in total. The Labute approximate surface area is 178 Å². The molecule has 0 aliphatic heterocycles. The number of hydrogen-bond acceptors (Lipinski definition) is 3. The van der Waals surface area contributed by atoms with Gasteiger partial charge in [0.05, 0.1) is 11.4 Å². The van der Waals surface area contributed by atoms with E-state index < -0.39 is 0 Å². The molecule has 0 saturated heterocycles. The average Bonchev–Trinajstić information content (AvgIpc) is 3.42. The molecule has 0 bridgehead atoms. The molecule has 1 fully saturated rings. The first-order valence-electron chi connectivity index (χ1n) is 11.0. The molecule has 1 heterocycles. The lowest BCUT2D eigenvalue weighted by Gasteiger charge is -2.30. The second-order valence-corrected chi connectivity index (χ2v) is 7.98. The van der Waals surface area contributed by atoms with Gasteiger partial charge in [-0.2, -0.15) is 5.10 Å². The number of halogens is 1. The second-order valence-electron chi connectivity index (χ2n) is 7.98. The fourth-order valence-corrected chi connectivity index (χ4v) is 4.11. The highest BCUT2D eigenvalue weighted by molar-refractivity contribution is 5.79. The van der Waals surface area contributed by atoms with Gasteiger partial charge in [-0.15, -0.1) is 0 Å². The lowest BCUT2D eigenvalue weighted by atomic mass is 9.83. The summed E-state index contributed by atoms with van der Waals surface area (Å²) in [5.41, 5.74) is 2.15. The predicted molar refractivity (Wildman–Crippen MR) is 119 cm³/mol. The third-order valence-corrected chi connectivity index (χ3v) is 5.91. The van der Waals surface area contributed by atoms with Crippen LogP contribution in [0.5, 0.6) is 0 Å². The van der Waals surface area contributed by atoms with Crippen LogP contribution < -0.4 is 10.6 Å². The zero-order valence-corrected chi connectivity index (χ0v) is 18.2. The van der Waals surface area contributed by atoms with Crippen molar-refractivity contribution in [2.24, 2.45) is 10.4 Å². The van der Waals surface area contributed by atoms with Gasteiger partial charge in [0, 0.05) is 46.0 Å². The van der Waals surface area contributed by atoms with Gasteiger partial charge in [-0.05, 0) is 61.9 Å². The molecule has 0 radical (unpaired) electrons. The van der Waals surface area contributed by atoms with E-state index in [4.69, 9.17) is 4.74 Å². The summed E-state index contributed by atoms with van der Waals surface area (Å²) in [5.74, 6) is 0.585. The van der Waals surface area contributed by atoms with Gasteiger partial charge in [0.15, 0.2) is 5.96 Å². The van der Waals surface area contributed by atoms with Crippen molar-refractivity contribution in [3.8, 4) is 5.69 Å². The first-order valence-corrected chi connectivity index (χ1v) is 11.0. The molecule has 30 heavy (non-hydrogen) atoms. The van der Waals surface area contributed by atoms with E-state index in [-0.39, 0.29) is 5.82 Å². The van der Waals surface area contributed by atoms with E-state index >= 15 is 0 Å². The van der Waals surface area contributed by atoms with E-state index in [1.807, 2.05) is 19.2 Å². The van der Waals surface area contributed by atoms with Gasteiger partial charge < -0.3 is 15.4 Å². The van der Waals surface area contributed by atoms with Crippen LogP contribution >= 0.6 is 0 Å². The maximum atomic E-state index is 13.1. The van der Waals surface area contributed by atoms with Gasteiger partial charge in [-0.1, -0.05) is 12.8 Å². The number of rotatable bonds is 10. The normalized spacial score (nSPS) is 16.0. The van der Waals surface area contributed by atoms with Crippen LogP contribution in [0.2, 0.25) is 0 Å². The minimum atomic E-state index is -0.244. The zero-order chi connectivity index (χ0) is 21.2. The Morgan fingerprint density at radius 1 is 1.20 bits per heavy atom. The first-order chi connectivity index (χ1) is 14.6. The van der Waals surface area contributed by atoms with Crippen molar-refractivity contribution in [3.05, 3.63) is 48.0 Å². The number of aromatic nitrogens is 2. The van der Waals surface area contributed by atoms with Crippen molar-refractivity contribution in [2.45, 2.75) is 45.4 Å². The van der Waals surface area contributed by atoms with Crippen molar-refractivity contribution in [1.29, 1.82) is 0 Å². The maximum Gasteiger partial charge on any atom is 0.191 e. The smallest absolute Gasteiger partial charge is 0.191 e. The van der Waals surface area contributed by atoms with Crippen LogP contribution in [0, 0.1) is 11.2 Å². The summed E-state index contributed by atoms with van der Waals surface area (Å²) in [6, 6.07) is 8.32. The third kappa shape index (κ3) is 6.29. The molecule has 164 valence electrons. The molecule has 2 aromatic rings. The number of ether oxygens (including phenoxy) is 1. The first kappa shape index (κ1) is 22.3. The molecular formula is C23H34FN5O. The number of nitrogens with one attached hydrogen (secondary N) is 2. The van der Waals surface area contributed by atoms with E-state index in [0.29, 0.717) is 5.41 Å². The number of aliphatic imine (C=N–C) groups is 1. The van der Waals surface area contributed by atoms with Crippen molar-refractivity contribution in [3.63, 3.8) is 0 Å². The lowest BCUT2D eigenvalue weighted by molar-refractivity contribution is 0.105. The molecule has 1 aliphatic carbocycles. The molecule has 1 aromatic heterocycles. The number of nitrogens with zero attached hydrogens (tertiary/aromatic N) is 3. The zero-order valence-electron chi connectivity index (χ0n) is 18.2. The summed E-state index contributed by atoms with van der Waals surface area (Å²) >= 11 is 0. The van der Waals surface area contributed by atoms with Gasteiger partial charge in [0.1, 0.15) is 5.82 Å². The van der Waals surface area contributed by atoms with E-state index in [0.717, 1.165) is 56.5 Å². The number of guanidine groups is 1. The molecule has 1 aromatic carbocycles. The van der Waals surface area contributed by atoms with Gasteiger partial charge in [0.25, 0.3) is 0 Å². The Morgan fingerprint density at radius 3 is 2.67 bits per heavy atom. The molecule has 6 nitrogen and oxygen atoms in total. The SMILES string of the molecule is CCOCCC1(CNC(=NC)NCCc2ccn(-c3ccc(F)cc3)n2)CCCC1. The molecule has 7 heteroatoms. The fraction of sp³-hybridized carbons (Fsp3) is 0.565. The standard InChI is InChI=1S/C23H34FN5O/c1-3-30-17-14-23(12-4-5-13-23)18-27-22(25-2)26-15-10-20-11-16-29(28-20)21-8-6-19(24)7-9-21/h6-9,11,16H,3-5,10,12-15,17-18H2,1-2H3,(H2,25,26,27). The van der Waals surface area contributed by atoms with Gasteiger partial charge in [-0.25, -0.2) is 9.07 Å². The van der Waals surface area contributed by atoms with Crippen LogP contribution in [0.15, 0.2) is 41.5 Å². The number of hydrogen-bond donors (Lipinski definition) is 2. The molecule has 1 saturated carbocycles. The minimum Gasteiger partial charge on any atom is -0.382 e. The molecule has 0 atom stereocenters.